The average molecular weight is 432 g/mol. The molecule has 0 bridgehead atoms. The highest BCUT2D eigenvalue weighted by Gasteiger charge is 2.31. The smallest absolute Gasteiger partial charge is 0.454 e. The van der Waals surface area contributed by atoms with Crippen molar-refractivity contribution < 1.29 is 27.0 Å². The number of para-hydroxylation sites is 1. The van der Waals surface area contributed by atoms with Crippen LogP contribution in [0.1, 0.15) is 37.8 Å². The van der Waals surface area contributed by atoms with Crippen molar-refractivity contribution in [2.24, 2.45) is 0 Å². The summed E-state index contributed by atoms with van der Waals surface area (Å²) in [6.07, 6.45) is -2.34. The molecule has 0 aromatic heterocycles. The van der Waals surface area contributed by atoms with Gasteiger partial charge >= 0.3 is 6.36 Å². The maximum Gasteiger partial charge on any atom is 0.573 e. The van der Waals surface area contributed by atoms with Crippen molar-refractivity contribution in [3.8, 4) is 17.2 Å². The van der Waals surface area contributed by atoms with Crippen LogP contribution >= 0.6 is 0 Å². The summed E-state index contributed by atoms with van der Waals surface area (Å²) < 4.78 is 60.7. The highest BCUT2D eigenvalue weighted by molar-refractivity contribution is 5.35. The minimum atomic E-state index is -4.70. The van der Waals surface area contributed by atoms with Crippen molar-refractivity contribution in [3.63, 3.8) is 0 Å². The lowest BCUT2D eigenvalue weighted by Gasteiger charge is -2.25. The van der Waals surface area contributed by atoms with Gasteiger partial charge in [-0.3, -0.25) is 0 Å². The molecule has 0 aliphatic carbocycles. The van der Waals surface area contributed by atoms with E-state index in [-0.39, 0.29) is 16.9 Å². The van der Waals surface area contributed by atoms with Gasteiger partial charge in [-0.25, -0.2) is 4.39 Å². The Morgan fingerprint density at radius 1 is 0.806 bits per heavy atom. The molecule has 0 amide bonds. The Bertz CT molecular complexity index is 981. The molecular formula is C25H24F4O2. The Balaban J connectivity index is 1.59. The van der Waals surface area contributed by atoms with Gasteiger partial charge in [-0.2, -0.15) is 0 Å². The Hall–Kier alpha value is -3.02. The van der Waals surface area contributed by atoms with Crippen LogP contribution in [-0.2, 0) is 11.8 Å². The molecule has 6 heteroatoms. The van der Waals surface area contributed by atoms with E-state index in [1.165, 1.54) is 18.2 Å². The molecule has 0 saturated heterocycles. The molecule has 31 heavy (non-hydrogen) atoms. The zero-order valence-electron chi connectivity index (χ0n) is 17.4. The molecule has 3 aromatic carbocycles. The topological polar surface area (TPSA) is 18.5 Å². The van der Waals surface area contributed by atoms with E-state index in [0.717, 1.165) is 30.4 Å². The van der Waals surface area contributed by atoms with Crippen LogP contribution in [0.4, 0.5) is 17.6 Å². The molecule has 164 valence electrons. The molecule has 0 atom stereocenters. The van der Waals surface area contributed by atoms with E-state index in [1.54, 1.807) is 36.4 Å². The molecule has 0 radical (unpaired) electrons. The number of rotatable bonds is 8. The molecule has 0 unspecified atom stereocenters. The summed E-state index contributed by atoms with van der Waals surface area (Å²) in [5.41, 5.74) is 1.64. The summed E-state index contributed by atoms with van der Waals surface area (Å²) >= 11 is 0. The number of benzene rings is 3. The van der Waals surface area contributed by atoms with Gasteiger partial charge in [-0.05, 0) is 72.2 Å². The van der Waals surface area contributed by atoms with Crippen molar-refractivity contribution in [1.82, 2.24) is 0 Å². The first-order chi connectivity index (χ1) is 14.6. The van der Waals surface area contributed by atoms with Gasteiger partial charge in [0, 0.05) is 0 Å². The zero-order valence-corrected chi connectivity index (χ0v) is 17.4. The molecule has 3 rings (SSSR count). The first-order valence-corrected chi connectivity index (χ1v) is 10.00. The van der Waals surface area contributed by atoms with E-state index in [1.807, 2.05) is 32.0 Å². The van der Waals surface area contributed by atoms with Crippen molar-refractivity contribution in [1.29, 1.82) is 0 Å². The van der Waals surface area contributed by atoms with E-state index < -0.39 is 12.2 Å². The fourth-order valence-corrected chi connectivity index (χ4v) is 3.38. The normalized spacial score (nSPS) is 11.9. The SMILES string of the molecule is CC(C)(CCCc1ccc(F)c(Oc2ccccc2)c1)c1ccc(OC(F)(F)F)cc1. The number of hydrogen-bond donors (Lipinski definition) is 0. The highest BCUT2D eigenvalue weighted by atomic mass is 19.4. The molecule has 0 N–H and O–H groups in total. The number of hydrogen-bond acceptors (Lipinski definition) is 2. The second kappa shape index (κ2) is 9.41. The Labute approximate surface area is 179 Å². The number of alkyl halides is 3. The van der Waals surface area contributed by atoms with Crippen molar-refractivity contribution in [2.45, 2.75) is 44.9 Å². The van der Waals surface area contributed by atoms with Gasteiger partial charge in [0.2, 0.25) is 0 Å². The van der Waals surface area contributed by atoms with E-state index in [4.69, 9.17) is 4.74 Å². The van der Waals surface area contributed by atoms with Crippen LogP contribution in [0.15, 0.2) is 72.8 Å². The molecule has 0 aliphatic heterocycles. The van der Waals surface area contributed by atoms with E-state index in [0.29, 0.717) is 5.75 Å². The van der Waals surface area contributed by atoms with Crippen LogP contribution in [0, 0.1) is 5.82 Å². The monoisotopic (exact) mass is 432 g/mol. The lowest BCUT2D eigenvalue weighted by molar-refractivity contribution is -0.274. The lowest BCUT2D eigenvalue weighted by atomic mass is 9.80. The molecular weight excluding hydrogens is 408 g/mol. The zero-order chi connectivity index (χ0) is 22.5. The van der Waals surface area contributed by atoms with Crippen LogP contribution in [0.3, 0.4) is 0 Å². The molecule has 3 aromatic rings. The second-order valence-electron chi connectivity index (χ2n) is 7.99. The van der Waals surface area contributed by atoms with Gasteiger partial charge in [0.25, 0.3) is 0 Å². The number of ether oxygens (including phenoxy) is 2. The van der Waals surface area contributed by atoms with E-state index >= 15 is 0 Å². The number of halogens is 4. The fourth-order valence-electron chi connectivity index (χ4n) is 3.38. The van der Waals surface area contributed by atoms with Gasteiger partial charge < -0.3 is 9.47 Å². The highest BCUT2D eigenvalue weighted by Crippen LogP contribution is 2.32. The van der Waals surface area contributed by atoms with Crippen molar-refractivity contribution >= 4 is 0 Å². The fraction of sp³-hybridized carbons (Fsp3) is 0.280. The summed E-state index contributed by atoms with van der Waals surface area (Å²) in [4.78, 5) is 0. The predicted octanol–water partition coefficient (Wildman–Crippen LogP) is 7.82. The first-order valence-electron chi connectivity index (χ1n) is 10.00. The van der Waals surface area contributed by atoms with Gasteiger partial charge in [-0.1, -0.05) is 50.2 Å². The minimum absolute atomic E-state index is 0.184. The van der Waals surface area contributed by atoms with E-state index in [9.17, 15) is 17.6 Å². The molecule has 0 fully saturated rings. The lowest BCUT2D eigenvalue weighted by Crippen LogP contribution is -2.19. The standard InChI is InChI=1S/C25H24F4O2/c1-24(2,19-11-13-21(14-12-19)31-25(27,28)29)16-6-7-18-10-15-22(26)23(17-18)30-20-8-4-3-5-9-20/h3-5,8-15,17H,6-7,16H2,1-2H3. The van der Waals surface area contributed by atoms with Crippen LogP contribution in [0.2, 0.25) is 0 Å². The van der Waals surface area contributed by atoms with Gasteiger partial charge in [0.1, 0.15) is 11.5 Å². The maximum absolute atomic E-state index is 14.1. The molecule has 0 spiro atoms. The summed E-state index contributed by atoms with van der Waals surface area (Å²) in [7, 11) is 0. The molecule has 0 heterocycles. The van der Waals surface area contributed by atoms with E-state index in [2.05, 4.69) is 4.74 Å². The van der Waals surface area contributed by atoms with Crippen LogP contribution in [-0.4, -0.2) is 6.36 Å². The summed E-state index contributed by atoms with van der Waals surface area (Å²) in [6.45, 7) is 4.09. The van der Waals surface area contributed by atoms with Crippen LogP contribution in [0.5, 0.6) is 17.2 Å². The van der Waals surface area contributed by atoms with Crippen molar-refractivity contribution in [3.05, 3.63) is 89.7 Å². The van der Waals surface area contributed by atoms with Gasteiger partial charge in [0.05, 0.1) is 0 Å². The molecule has 0 aliphatic rings. The minimum Gasteiger partial charge on any atom is -0.454 e. The Morgan fingerprint density at radius 2 is 1.48 bits per heavy atom. The molecule has 0 saturated carbocycles. The third-order valence-corrected chi connectivity index (χ3v) is 5.10. The van der Waals surface area contributed by atoms with Gasteiger partial charge in [0.15, 0.2) is 11.6 Å². The van der Waals surface area contributed by atoms with Crippen molar-refractivity contribution in [2.75, 3.05) is 0 Å². The summed E-state index contributed by atoms with van der Waals surface area (Å²) in [5, 5.41) is 0. The predicted molar refractivity (Wildman–Crippen MR) is 112 cm³/mol. The third-order valence-electron chi connectivity index (χ3n) is 5.10. The third kappa shape index (κ3) is 6.74. The second-order valence-corrected chi connectivity index (χ2v) is 7.99. The largest absolute Gasteiger partial charge is 0.573 e. The number of aryl methyl sites for hydroxylation is 1. The first kappa shape index (κ1) is 22.7. The van der Waals surface area contributed by atoms with Crippen LogP contribution < -0.4 is 9.47 Å². The maximum atomic E-state index is 14.1. The van der Waals surface area contributed by atoms with Gasteiger partial charge in [-0.15, -0.1) is 13.2 Å². The van der Waals surface area contributed by atoms with Crippen LogP contribution in [0.25, 0.3) is 0 Å². The quantitative estimate of drug-likeness (QED) is 0.338. The summed E-state index contributed by atoms with van der Waals surface area (Å²) in [5.74, 6) is 0.0965. The molecule has 2 nitrogen and oxygen atoms in total. The Morgan fingerprint density at radius 3 is 2.13 bits per heavy atom. The Kier molecular flexibility index (Phi) is 6.88. The average Bonchev–Trinajstić information content (AvgIpc) is 2.70. The summed E-state index contributed by atoms with van der Waals surface area (Å²) in [6, 6.07) is 19.9.